The fraction of sp³-hybridized carbons (Fsp3) is 0.600. The number of carboxylic acids is 5. The quantitative estimate of drug-likeness (QED) is 0.0693. The van der Waals surface area contributed by atoms with Crippen molar-refractivity contribution in [3.63, 3.8) is 0 Å². The predicted octanol–water partition coefficient (Wildman–Crippen LogP) is -0.974. The number of rotatable bonds is 17. The number of hydrogen-bond acceptors (Lipinski definition) is 11. The Morgan fingerprint density at radius 1 is 0.755 bits per heavy atom. The SMILES string of the molecule is N[C@@H](CCCCNC(=S)Nc1ccc(C[C@H]2CN(CC(=O)O)CCN(CC(=O)O)CCN(CC(=O)O)CCN2CC(=O)O)cc1)C(=O)O.[177Lu]. The van der Waals surface area contributed by atoms with E-state index in [0.29, 0.717) is 43.0 Å². The van der Waals surface area contributed by atoms with Crippen molar-refractivity contribution in [1.29, 1.82) is 0 Å². The Balaban J connectivity index is 0.0000120. The molecule has 0 bridgehead atoms. The molecule has 1 saturated heterocycles. The molecule has 1 aliphatic heterocycles. The van der Waals surface area contributed by atoms with Crippen LogP contribution in [-0.2, 0) is 30.4 Å². The standard InChI is InChI=1S/C30H47N7O10S.Lu/c31-24(29(46)47)3-1-2-8-32-30(48)33-22-6-4-21(5-7-22)15-23-16-36(19-27(42)43)12-11-34(17-25(38)39)9-10-35(18-26(40)41)13-14-37(23)20-28(44)45;/h4-7,23-24H,1-3,8-20,31H2,(H,38,39)(H,40,41)(H,42,43)(H,44,45)(H,46,47)(H2,32,33,48);/t23-,24-;/m0./s1/i;1+2. The van der Waals surface area contributed by atoms with E-state index in [9.17, 15) is 44.4 Å². The van der Waals surface area contributed by atoms with Gasteiger partial charge in [-0.1, -0.05) is 12.1 Å². The van der Waals surface area contributed by atoms with E-state index in [1.165, 1.54) is 0 Å². The first-order chi connectivity index (χ1) is 22.7. The molecule has 0 saturated carbocycles. The summed E-state index contributed by atoms with van der Waals surface area (Å²) in [7, 11) is 0. The topological polar surface area (TPSA) is 250 Å². The van der Waals surface area contributed by atoms with Gasteiger partial charge in [-0.15, -0.1) is 0 Å². The van der Waals surface area contributed by atoms with Gasteiger partial charge in [-0.05, 0) is 55.6 Å². The maximum atomic E-state index is 11.9. The van der Waals surface area contributed by atoms with Crippen molar-refractivity contribution >= 4 is 52.9 Å². The molecule has 1 radical (unpaired) electrons. The summed E-state index contributed by atoms with van der Waals surface area (Å²) >= 11 is 5.35. The zero-order chi connectivity index (χ0) is 35.6. The fourth-order valence-electron chi connectivity index (χ4n) is 5.34. The minimum Gasteiger partial charge on any atom is -0.480 e. The van der Waals surface area contributed by atoms with E-state index < -0.39 is 41.9 Å². The molecule has 0 aromatic heterocycles. The van der Waals surface area contributed by atoms with Gasteiger partial charge in [0.1, 0.15) is 6.04 Å². The van der Waals surface area contributed by atoms with E-state index in [2.05, 4.69) is 10.6 Å². The smallest absolute Gasteiger partial charge is 0.320 e. The van der Waals surface area contributed by atoms with Gasteiger partial charge < -0.3 is 41.9 Å². The van der Waals surface area contributed by atoms with E-state index in [4.69, 9.17) is 23.1 Å². The third-order valence-corrected chi connectivity index (χ3v) is 8.04. The number of thiocarbonyl (C=S) groups is 1. The molecule has 0 amide bonds. The Morgan fingerprint density at radius 2 is 1.24 bits per heavy atom. The Kier molecular flexibility index (Phi) is 21.4. The van der Waals surface area contributed by atoms with Crippen molar-refractivity contribution in [2.24, 2.45) is 5.73 Å². The minimum absolute atomic E-state index is 0. The summed E-state index contributed by atoms with van der Waals surface area (Å²) < 4.78 is 0. The van der Waals surface area contributed by atoms with Gasteiger partial charge in [-0.2, -0.15) is 0 Å². The molecule has 9 N–H and O–H groups in total. The van der Waals surface area contributed by atoms with Crippen LogP contribution in [0.15, 0.2) is 24.3 Å². The molecule has 17 nitrogen and oxygen atoms in total. The summed E-state index contributed by atoms with van der Waals surface area (Å²) in [5.74, 6) is -5.32. The van der Waals surface area contributed by atoms with E-state index in [-0.39, 0.29) is 109 Å². The van der Waals surface area contributed by atoms with Crippen LogP contribution < -0.4 is 16.4 Å². The molecule has 19 heteroatoms. The van der Waals surface area contributed by atoms with E-state index >= 15 is 0 Å². The van der Waals surface area contributed by atoms with Gasteiger partial charge in [-0.3, -0.25) is 43.6 Å². The molecule has 1 fully saturated rings. The van der Waals surface area contributed by atoms with Crippen molar-refractivity contribution in [2.45, 2.75) is 37.8 Å². The third kappa shape index (κ3) is 19.3. The zero-order valence-electron chi connectivity index (χ0n) is 27.1. The number of aliphatic carboxylic acids is 5. The number of nitrogens with two attached hydrogens (primary N) is 1. The molecule has 2 atom stereocenters. The summed E-state index contributed by atoms with van der Waals surface area (Å²) in [6, 6.07) is 5.94. The summed E-state index contributed by atoms with van der Waals surface area (Å²) in [6.45, 7) is 0.708. The van der Waals surface area contributed by atoms with Gasteiger partial charge in [0.2, 0.25) is 0 Å². The molecule has 0 aliphatic carbocycles. The molecule has 1 aliphatic rings. The average molecular weight is 875 g/mol. The maximum absolute atomic E-state index is 11.9. The number of carbonyl (C=O) groups is 5. The summed E-state index contributed by atoms with van der Waals surface area (Å²) in [4.78, 5) is 64.3. The van der Waals surface area contributed by atoms with Crippen LogP contribution >= 0.6 is 12.2 Å². The summed E-state index contributed by atoms with van der Waals surface area (Å²) in [5.41, 5.74) is 7.05. The van der Waals surface area contributed by atoms with Gasteiger partial charge in [-0.25, -0.2) is 0 Å². The Labute approximate surface area is 319 Å². The molecule has 283 valence electrons. The Morgan fingerprint density at radius 3 is 1.76 bits per heavy atom. The van der Waals surface area contributed by atoms with E-state index in [1.54, 1.807) is 31.7 Å². The van der Waals surface area contributed by atoms with E-state index in [0.717, 1.165) is 5.56 Å². The van der Waals surface area contributed by atoms with Gasteiger partial charge in [0, 0.05) is 101 Å². The third-order valence-electron chi connectivity index (χ3n) is 7.80. The van der Waals surface area contributed by atoms with Crippen LogP contribution in [0, 0.1) is 36.9 Å². The first kappa shape index (κ1) is 44.3. The molecule has 2 rings (SSSR count). The number of nitrogens with one attached hydrogen (secondary N) is 2. The molecule has 1 aromatic carbocycles. The number of nitrogens with zero attached hydrogens (tertiary/aromatic N) is 4. The average Bonchev–Trinajstić information content (AvgIpc) is 2.98. The van der Waals surface area contributed by atoms with E-state index in [1.807, 2.05) is 12.1 Å². The van der Waals surface area contributed by atoms with Crippen molar-refractivity contribution in [2.75, 3.05) is 83.9 Å². The second-order valence-corrected chi connectivity index (χ2v) is 12.1. The van der Waals surface area contributed by atoms with Gasteiger partial charge in [0.05, 0.1) is 26.2 Å². The molecule has 49 heavy (non-hydrogen) atoms. The van der Waals surface area contributed by atoms with Crippen LogP contribution in [0.25, 0.3) is 0 Å². The molecular formula is C30H47LuN7O10S. The van der Waals surface area contributed by atoms with Crippen molar-refractivity contribution in [3.05, 3.63) is 29.8 Å². The molecule has 1 heterocycles. The summed E-state index contributed by atoms with van der Waals surface area (Å²) in [6.07, 6.45) is 2.02. The normalized spacial score (nSPS) is 17.8. The van der Waals surface area contributed by atoms with Gasteiger partial charge in [0.15, 0.2) is 5.11 Å². The van der Waals surface area contributed by atoms with Crippen molar-refractivity contribution in [3.8, 4) is 0 Å². The van der Waals surface area contributed by atoms with Crippen LogP contribution in [0.4, 0.5) is 5.69 Å². The number of anilines is 1. The number of benzene rings is 1. The minimum atomic E-state index is -1.08. The second-order valence-electron chi connectivity index (χ2n) is 11.7. The summed E-state index contributed by atoms with van der Waals surface area (Å²) in [5, 5.41) is 53.6. The van der Waals surface area contributed by atoms with Gasteiger partial charge in [0.25, 0.3) is 0 Å². The molecule has 0 spiro atoms. The first-order valence-electron chi connectivity index (χ1n) is 15.6. The second kappa shape index (κ2) is 23.7. The molecule has 0 unspecified atom stereocenters. The fourth-order valence-corrected chi connectivity index (χ4v) is 5.56. The number of carboxylic acid groups (broad SMARTS) is 5. The number of unbranched alkanes of at least 4 members (excludes halogenated alkanes) is 1. The Hall–Kier alpha value is -2.71. The van der Waals surface area contributed by atoms with Crippen LogP contribution in [0.3, 0.4) is 0 Å². The van der Waals surface area contributed by atoms with Crippen LogP contribution in [0.5, 0.6) is 0 Å². The van der Waals surface area contributed by atoms with Crippen LogP contribution in [-0.4, -0.2) is 171 Å². The van der Waals surface area contributed by atoms with Crippen molar-refractivity contribution < 1.29 is 86.4 Å². The van der Waals surface area contributed by atoms with Crippen LogP contribution in [0.2, 0.25) is 0 Å². The number of hydrogen-bond donors (Lipinski definition) is 8. The monoisotopic (exact) mass is 874 g/mol. The van der Waals surface area contributed by atoms with Crippen molar-refractivity contribution in [1.82, 2.24) is 24.9 Å². The maximum Gasteiger partial charge on any atom is 0.320 e. The van der Waals surface area contributed by atoms with Crippen LogP contribution in [0.1, 0.15) is 24.8 Å². The van der Waals surface area contributed by atoms with Gasteiger partial charge >= 0.3 is 29.8 Å². The largest absolute Gasteiger partial charge is 0.480 e. The molecular weight excluding hydrogens is 827 g/mol. The first-order valence-corrected chi connectivity index (χ1v) is 16.0. The Bertz CT molecular complexity index is 1250. The molecule has 1 aromatic rings. The predicted molar refractivity (Wildman–Crippen MR) is 179 cm³/mol. The zero-order valence-corrected chi connectivity index (χ0v) is 29.6.